The molecule has 0 aliphatic rings. The van der Waals surface area contributed by atoms with Gasteiger partial charge >= 0.3 is 0 Å². The molecule has 0 aromatic heterocycles. The summed E-state index contributed by atoms with van der Waals surface area (Å²) in [6.45, 7) is 4.41. The molecule has 94 valence electrons. The summed E-state index contributed by atoms with van der Waals surface area (Å²) in [6.07, 6.45) is 0. The van der Waals surface area contributed by atoms with Crippen molar-refractivity contribution in [3.05, 3.63) is 58.9 Å². The molecule has 0 bridgehead atoms. The van der Waals surface area contributed by atoms with E-state index in [1.807, 2.05) is 31.2 Å². The molecule has 0 aliphatic carbocycles. The standard InChI is InChI=1S/C15H17FN2/c1-10-4-3-5-12(8-10)9-18-13-7-6-11(2)15(17)14(13)16/h3-8,18H,9,17H2,1-2H3. The van der Waals surface area contributed by atoms with Gasteiger partial charge in [-0.15, -0.1) is 0 Å². The van der Waals surface area contributed by atoms with Gasteiger partial charge in [-0.25, -0.2) is 4.39 Å². The highest BCUT2D eigenvalue weighted by atomic mass is 19.1. The van der Waals surface area contributed by atoms with Gasteiger partial charge in [-0.05, 0) is 31.0 Å². The Kier molecular flexibility index (Phi) is 3.51. The molecule has 2 aromatic carbocycles. The number of rotatable bonds is 3. The highest BCUT2D eigenvalue weighted by molar-refractivity contribution is 5.60. The van der Waals surface area contributed by atoms with Crippen LogP contribution in [-0.2, 0) is 6.54 Å². The van der Waals surface area contributed by atoms with Crippen molar-refractivity contribution in [1.82, 2.24) is 0 Å². The lowest BCUT2D eigenvalue weighted by atomic mass is 10.1. The minimum absolute atomic E-state index is 0.212. The zero-order valence-electron chi connectivity index (χ0n) is 10.6. The van der Waals surface area contributed by atoms with Crippen molar-refractivity contribution >= 4 is 11.4 Å². The molecule has 2 aromatic rings. The molecule has 0 amide bonds. The van der Waals surface area contributed by atoms with Crippen LogP contribution in [0.3, 0.4) is 0 Å². The van der Waals surface area contributed by atoms with Crippen molar-refractivity contribution in [3.8, 4) is 0 Å². The van der Waals surface area contributed by atoms with E-state index in [1.54, 1.807) is 13.0 Å². The fourth-order valence-electron chi connectivity index (χ4n) is 1.85. The van der Waals surface area contributed by atoms with Crippen LogP contribution in [0, 0.1) is 19.7 Å². The van der Waals surface area contributed by atoms with Crippen molar-refractivity contribution in [2.24, 2.45) is 0 Å². The summed E-state index contributed by atoms with van der Waals surface area (Å²) in [5.74, 6) is -0.373. The average molecular weight is 244 g/mol. The lowest BCUT2D eigenvalue weighted by Crippen LogP contribution is -2.04. The van der Waals surface area contributed by atoms with Crippen LogP contribution < -0.4 is 11.1 Å². The molecule has 0 spiro atoms. The number of aryl methyl sites for hydroxylation is 2. The topological polar surface area (TPSA) is 38.0 Å². The van der Waals surface area contributed by atoms with E-state index in [0.717, 1.165) is 11.1 Å². The van der Waals surface area contributed by atoms with Gasteiger partial charge in [-0.1, -0.05) is 35.9 Å². The lowest BCUT2D eigenvalue weighted by Gasteiger charge is -2.11. The SMILES string of the molecule is Cc1cccc(CNc2ccc(C)c(N)c2F)c1. The summed E-state index contributed by atoms with van der Waals surface area (Å²) in [4.78, 5) is 0. The highest BCUT2D eigenvalue weighted by Crippen LogP contribution is 2.23. The first-order chi connectivity index (χ1) is 8.58. The molecule has 0 atom stereocenters. The molecular weight excluding hydrogens is 227 g/mol. The number of nitrogens with one attached hydrogen (secondary N) is 1. The predicted molar refractivity (Wildman–Crippen MR) is 74.1 cm³/mol. The van der Waals surface area contributed by atoms with Gasteiger partial charge < -0.3 is 11.1 Å². The Bertz CT molecular complexity index is 564. The molecule has 3 N–H and O–H groups in total. The maximum absolute atomic E-state index is 13.9. The number of nitrogens with two attached hydrogens (primary N) is 1. The third-order valence-electron chi connectivity index (χ3n) is 2.96. The van der Waals surface area contributed by atoms with Gasteiger partial charge in [-0.2, -0.15) is 0 Å². The van der Waals surface area contributed by atoms with Crippen LogP contribution in [0.1, 0.15) is 16.7 Å². The fourth-order valence-corrected chi connectivity index (χ4v) is 1.85. The molecule has 0 heterocycles. The number of hydrogen-bond donors (Lipinski definition) is 2. The first-order valence-electron chi connectivity index (χ1n) is 5.92. The summed E-state index contributed by atoms with van der Waals surface area (Å²) >= 11 is 0. The lowest BCUT2D eigenvalue weighted by molar-refractivity contribution is 0.634. The summed E-state index contributed by atoms with van der Waals surface area (Å²) in [5, 5.41) is 3.07. The molecule has 0 unspecified atom stereocenters. The van der Waals surface area contributed by atoms with Gasteiger partial charge in [0, 0.05) is 6.54 Å². The van der Waals surface area contributed by atoms with E-state index in [9.17, 15) is 4.39 Å². The Labute approximate surface area is 107 Å². The number of halogens is 1. The second kappa shape index (κ2) is 5.08. The number of benzene rings is 2. The summed E-state index contributed by atoms with van der Waals surface area (Å²) in [5.41, 5.74) is 9.39. The Balaban J connectivity index is 2.14. The molecule has 2 rings (SSSR count). The minimum Gasteiger partial charge on any atom is -0.396 e. The maximum atomic E-state index is 13.9. The van der Waals surface area contributed by atoms with E-state index in [4.69, 9.17) is 5.73 Å². The van der Waals surface area contributed by atoms with Crippen molar-refractivity contribution < 1.29 is 4.39 Å². The Morgan fingerprint density at radius 1 is 1.17 bits per heavy atom. The van der Waals surface area contributed by atoms with E-state index in [1.165, 1.54) is 5.56 Å². The molecule has 0 fully saturated rings. The van der Waals surface area contributed by atoms with Crippen LogP contribution in [0.25, 0.3) is 0 Å². The van der Waals surface area contributed by atoms with Crippen molar-refractivity contribution in [2.75, 3.05) is 11.1 Å². The maximum Gasteiger partial charge on any atom is 0.169 e. The van der Waals surface area contributed by atoms with Gasteiger partial charge in [0.05, 0.1) is 11.4 Å². The molecule has 0 saturated heterocycles. The second-order valence-corrected chi connectivity index (χ2v) is 4.50. The number of hydrogen-bond acceptors (Lipinski definition) is 2. The molecule has 0 saturated carbocycles. The summed E-state index contributed by atoms with van der Waals surface area (Å²) in [7, 11) is 0. The highest BCUT2D eigenvalue weighted by Gasteiger charge is 2.07. The predicted octanol–water partition coefficient (Wildman–Crippen LogP) is 3.64. The van der Waals surface area contributed by atoms with Crippen LogP contribution >= 0.6 is 0 Å². The van der Waals surface area contributed by atoms with Gasteiger partial charge in [0.1, 0.15) is 0 Å². The van der Waals surface area contributed by atoms with Crippen LogP contribution in [0.4, 0.5) is 15.8 Å². The second-order valence-electron chi connectivity index (χ2n) is 4.50. The van der Waals surface area contributed by atoms with Gasteiger partial charge in [0.25, 0.3) is 0 Å². The van der Waals surface area contributed by atoms with Crippen LogP contribution in [0.5, 0.6) is 0 Å². The number of anilines is 2. The molecular formula is C15H17FN2. The summed E-state index contributed by atoms with van der Waals surface area (Å²) in [6, 6.07) is 11.6. The fraction of sp³-hybridized carbons (Fsp3) is 0.200. The molecule has 0 radical (unpaired) electrons. The molecule has 2 nitrogen and oxygen atoms in total. The molecule has 18 heavy (non-hydrogen) atoms. The zero-order chi connectivity index (χ0) is 13.1. The van der Waals surface area contributed by atoms with Crippen LogP contribution in [0.15, 0.2) is 36.4 Å². The van der Waals surface area contributed by atoms with Crippen molar-refractivity contribution in [3.63, 3.8) is 0 Å². The smallest absolute Gasteiger partial charge is 0.169 e. The number of nitrogen functional groups attached to an aromatic ring is 1. The Hall–Kier alpha value is -2.03. The van der Waals surface area contributed by atoms with Gasteiger partial charge in [-0.3, -0.25) is 0 Å². The van der Waals surface area contributed by atoms with E-state index in [-0.39, 0.29) is 11.5 Å². The largest absolute Gasteiger partial charge is 0.396 e. The third kappa shape index (κ3) is 2.62. The quantitative estimate of drug-likeness (QED) is 0.809. The first-order valence-corrected chi connectivity index (χ1v) is 5.92. The van der Waals surface area contributed by atoms with E-state index < -0.39 is 0 Å². The zero-order valence-corrected chi connectivity index (χ0v) is 10.6. The van der Waals surface area contributed by atoms with Gasteiger partial charge in [0.15, 0.2) is 5.82 Å². The van der Waals surface area contributed by atoms with Crippen LogP contribution in [-0.4, -0.2) is 0 Å². The minimum atomic E-state index is -0.373. The van der Waals surface area contributed by atoms with Gasteiger partial charge in [0.2, 0.25) is 0 Å². The summed E-state index contributed by atoms with van der Waals surface area (Å²) < 4.78 is 13.9. The average Bonchev–Trinajstić information content (AvgIpc) is 2.35. The monoisotopic (exact) mass is 244 g/mol. The Morgan fingerprint density at radius 2 is 1.94 bits per heavy atom. The normalized spacial score (nSPS) is 10.4. The molecule has 0 aliphatic heterocycles. The third-order valence-corrected chi connectivity index (χ3v) is 2.96. The first kappa shape index (κ1) is 12.4. The van der Waals surface area contributed by atoms with Crippen LogP contribution in [0.2, 0.25) is 0 Å². The molecule has 3 heteroatoms. The van der Waals surface area contributed by atoms with Crippen molar-refractivity contribution in [1.29, 1.82) is 0 Å². The van der Waals surface area contributed by atoms with E-state index >= 15 is 0 Å². The Morgan fingerprint density at radius 3 is 2.67 bits per heavy atom. The van der Waals surface area contributed by atoms with E-state index in [0.29, 0.717) is 12.2 Å². The van der Waals surface area contributed by atoms with Crippen molar-refractivity contribution in [2.45, 2.75) is 20.4 Å². The van der Waals surface area contributed by atoms with E-state index in [2.05, 4.69) is 11.4 Å².